The summed E-state index contributed by atoms with van der Waals surface area (Å²) in [5.41, 5.74) is 0.409. The number of halogens is 1. The Morgan fingerprint density at radius 1 is 1.38 bits per heavy atom. The van der Waals surface area contributed by atoms with E-state index in [2.05, 4.69) is 5.32 Å². The van der Waals surface area contributed by atoms with Gasteiger partial charge in [-0.2, -0.15) is 0 Å². The second-order valence-corrected chi connectivity index (χ2v) is 2.49. The summed E-state index contributed by atoms with van der Waals surface area (Å²) in [5.74, 6) is -0.236. The number of benzene rings is 1. The highest BCUT2D eigenvalue weighted by Gasteiger charge is 2.03. The number of carbonyl (C=O) groups excluding carboxylic acids is 1. The lowest BCUT2D eigenvalue weighted by Crippen LogP contribution is -2.25. The van der Waals surface area contributed by atoms with E-state index in [1.165, 1.54) is 24.3 Å². The Hall–Kier alpha value is -1.58. The lowest BCUT2D eigenvalue weighted by atomic mass is 10.2. The van der Waals surface area contributed by atoms with Crippen LogP contribution in [0.5, 0.6) is 5.75 Å². The maximum absolute atomic E-state index is 11.7. The summed E-state index contributed by atoms with van der Waals surface area (Å²) in [5, 5.41) is 11.3. The summed E-state index contributed by atoms with van der Waals surface area (Å²) >= 11 is 0. The van der Waals surface area contributed by atoms with Gasteiger partial charge in [-0.3, -0.25) is 4.79 Å². The van der Waals surface area contributed by atoms with Crippen molar-refractivity contribution in [1.82, 2.24) is 5.32 Å². The van der Waals surface area contributed by atoms with Crippen LogP contribution in [0.25, 0.3) is 0 Å². The maximum atomic E-state index is 11.7. The zero-order valence-corrected chi connectivity index (χ0v) is 6.96. The van der Waals surface area contributed by atoms with Gasteiger partial charge in [0.25, 0.3) is 5.91 Å². The van der Waals surface area contributed by atoms with E-state index in [0.29, 0.717) is 5.56 Å². The minimum Gasteiger partial charge on any atom is -0.508 e. The zero-order valence-electron chi connectivity index (χ0n) is 6.96. The van der Waals surface area contributed by atoms with Crippen LogP contribution in [0.1, 0.15) is 10.4 Å². The Balaban J connectivity index is 2.61. The molecule has 2 N–H and O–H groups in total. The number of nitrogens with one attached hydrogen (secondary N) is 1. The molecule has 1 aromatic rings. The SMILES string of the molecule is O=C(NCCF)c1ccc(O)cc1. The van der Waals surface area contributed by atoms with Crippen molar-refractivity contribution in [2.24, 2.45) is 0 Å². The van der Waals surface area contributed by atoms with Gasteiger partial charge < -0.3 is 10.4 Å². The minimum absolute atomic E-state index is 0.0136. The van der Waals surface area contributed by atoms with Gasteiger partial charge in [-0.05, 0) is 24.3 Å². The van der Waals surface area contributed by atoms with Crippen LogP contribution < -0.4 is 5.32 Å². The average molecular weight is 183 g/mol. The van der Waals surface area contributed by atoms with Gasteiger partial charge in [0.1, 0.15) is 12.4 Å². The van der Waals surface area contributed by atoms with Crippen molar-refractivity contribution >= 4 is 5.91 Å². The normalized spacial score (nSPS) is 9.62. The number of rotatable bonds is 3. The largest absolute Gasteiger partial charge is 0.508 e. The van der Waals surface area contributed by atoms with Crippen LogP contribution in [0.4, 0.5) is 4.39 Å². The second kappa shape index (κ2) is 4.45. The third kappa shape index (κ3) is 2.74. The summed E-state index contributed by atoms with van der Waals surface area (Å²) in [6, 6.07) is 5.76. The Kier molecular flexibility index (Phi) is 3.25. The highest BCUT2D eigenvalue weighted by Crippen LogP contribution is 2.08. The first kappa shape index (κ1) is 9.51. The third-order valence-electron chi connectivity index (χ3n) is 1.51. The van der Waals surface area contributed by atoms with Crippen molar-refractivity contribution in [2.75, 3.05) is 13.2 Å². The summed E-state index contributed by atoms with van der Waals surface area (Å²) in [6.07, 6.45) is 0. The number of alkyl halides is 1. The average Bonchev–Trinajstić information content (AvgIpc) is 2.15. The molecule has 0 saturated carbocycles. The topological polar surface area (TPSA) is 49.3 Å². The van der Waals surface area contributed by atoms with Crippen LogP contribution >= 0.6 is 0 Å². The van der Waals surface area contributed by atoms with Gasteiger partial charge in [0, 0.05) is 12.1 Å². The molecule has 0 fully saturated rings. The lowest BCUT2D eigenvalue weighted by Gasteiger charge is -2.01. The van der Waals surface area contributed by atoms with Crippen LogP contribution in [-0.4, -0.2) is 24.2 Å². The molecule has 0 aliphatic heterocycles. The third-order valence-corrected chi connectivity index (χ3v) is 1.51. The van der Waals surface area contributed by atoms with E-state index >= 15 is 0 Å². The minimum atomic E-state index is -0.580. The summed E-state index contributed by atoms with van der Waals surface area (Å²) in [6.45, 7) is -0.566. The molecule has 0 heterocycles. The van der Waals surface area contributed by atoms with Crippen LogP contribution in [0, 0.1) is 0 Å². The van der Waals surface area contributed by atoms with Crippen LogP contribution in [0.15, 0.2) is 24.3 Å². The molecule has 0 atom stereocenters. The standard InChI is InChI=1S/C9H10FNO2/c10-5-6-11-9(13)7-1-3-8(12)4-2-7/h1-4,12H,5-6H2,(H,11,13). The van der Waals surface area contributed by atoms with Gasteiger partial charge in [0.05, 0.1) is 0 Å². The number of carbonyl (C=O) groups is 1. The first-order valence-corrected chi connectivity index (χ1v) is 3.87. The first-order valence-electron chi connectivity index (χ1n) is 3.87. The van der Waals surface area contributed by atoms with Crippen LogP contribution in [-0.2, 0) is 0 Å². The van der Waals surface area contributed by atoms with Crippen molar-refractivity contribution in [1.29, 1.82) is 0 Å². The van der Waals surface area contributed by atoms with Gasteiger partial charge in [0.15, 0.2) is 0 Å². The number of amides is 1. The van der Waals surface area contributed by atoms with Gasteiger partial charge >= 0.3 is 0 Å². The molecule has 3 nitrogen and oxygen atoms in total. The van der Waals surface area contributed by atoms with E-state index in [1.54, 1.807) is 0 Å². The molecule has 0 radical (unpaired) electrons. The molecule has 0 bridgehead atoms. The number of phenols is 1. The molecule has 13 heavy (non-hydrogen) atoms. The highest BCUT2D eigenvalue weighted by molar-refractivity contribution is 5.94. The van der Waals surface area contributed by atoms with Gasteiger partial charge in [-0.15, -0.1) is 0 Å². The van der Waals surface area contributed by atoms with E-state index in [0.717, 1.165) is 0 Å². The Labute approximate surface area is 75.2 Å². The number of aromatic hydroxyl groups is 1. The molecule has 4 heteroatoms. The van der Waals surface area contributed by atoms with Crippen molar-refractivity contribution < 1.29 is 14.3 Å². The van der Waals surface area contributed by atoms with E-state index in [9.17, 15) is 9.18 Å². The smallest absolute Gasteiger partial charge is 0.251 e. The molecule has 1 rings (SSSR count). The molecule has 70 valence electrons. The van der Waals surface area contributed by atoms with E-state index in [-0.39, 0.29) is 18.2 Å². The fourth-order valence-electron chi connectivity index (χ4n) is 0.876. The van der Waals surface area contributed by atoms with Crippen molar-refractivity contribution in [2.45, 2.75) is 0 Å². The molecule has 1 aromatic carbocycles. The van der Waals surface area contributed by atoms with Crippen LogP contribution in [0.2, 0.25) is 0 Å². The summed E-state index contributed by atoms with van der Waals surface area (Å²) in [7, 11) is 0. The Bertz CT molecular complexity index is 284. The van der Waals surface area contributed by atoms with Gasteiger partial charge in [-0.25, -0.2) is 4.39 Å². The Morgan fingerprint density at radius 2 is 2.00 bits per heavy atom. The number of phenolic OH excluding ortho intramolecular Hbond substituents is 1. The molecular weight excluding hydrogens is 173 g/mol. The van der Waals surface area contributed by atoms with Crippen molar-refractivity contribution in [3.8, 4) is 5.75 Å². The molecular formula is C9H10FNO2. The molecule has 0 aromatic heterocycles. The fourth-order valence-corrected chi connectivity index (χ4v) is 0.876. The van der Waals surface area contributed by atoms with E-state index in [1.807, 2.05) is 0 Å². The lowest BCUT2D eigenvalue weighted by molar-refractivity contribution is 0.0951. The molecule has 0 unspecified atom stereocenters. The second-order valence-electron chi connectivity index (χ2n) is 2.49. The zero-order chi connectivity index (χ0) is 9.68. The van der Waals surface area contributed by atoms with E-state index < -0.39 is 6.67 Å². The Morgan fingerprint density at radius 3 is 2.54 bits per heavy atom. The molecule has 0 spiro atoms. The number of hydrogen-bond acceptors (Lipinski definition) is 2. The molecule has 1 amide bonds. The monoisotopic (exact) mass is 183 g/mol. The molecule has 0 aliphatic rings. The van der Waals surface area contributed by atoms with Crippen LogP contribution in [0.3, 0.4) is 0 Å². The predicted molar refractivity (Wildman–Crippen MR) is 46.4 cm³/mol. The summed E-state index contributed by atoms with van der Waals surface area (Å²) < 4.78 is 11.7. The quantitative estimate of drug-likeness (QED) is 0.737. The predicted octanol–water partition coefficient (Wildman–Crippen LogP) is 1.09. The summed E-state index contributed by atoms with van der Waals surface area (Å²) in [4.78, 5) is 11.2. The maximum Gasteiger partial charge on any atom is 0.251 e. The van der Waals surface area contributed by atoms with Crippen molar-refractivity contribution in [3.05, 3.63) is 29.8 Å². The van der Waals surface area contributed by atoms with Gasteiger partial charge in [-0.1, -0.05) is 0 Å². The fraction of sp³-hybridized carbons (Fsp3) is 0.222. The van der Waals surface area contributed by atoms with Gasteiger partial charge in [0.2, 0.25) is 0 Å². The van der Waals surface area contributed by atoms with Crippen molar-refractivity contribution in [3.63, 3.8) is 0 Å². The number of hydrogen-bond donors (Lipinski definition) is 2. The highest BCUT2D eigenvalue weighted by atomic mass is 19.1. The molecule has 0 saturated heterocycles. The van der Waals surface area contributed by atoms with E-state index in [4.69, 9.17) is 5.11 Å². The molecule has 0 aliphatic carbocycles. The first-order chi connectivity index (χ1) is 6.24.